The number of carbonyl (C=O) groups excluding carboxylic acids is 1. The van der Waals surface area contributed by atoms with E-state index < -0.39 is 0 Å². The van der Waals surface area contributed by atoms with E-state index in [-0.39, 0.29) is 11.3 Å². The third-order valence-corrected chi connectivity index (χ3v) is 6.09. The van der Waals surface area contributed by atoms with E-state index in [0.717, 1.165) is 37.1 Å². The minimum Gasteiger partial charge on any atom is -0.381 e. The zero-order chi connectivity index (χ0) is 14.3. The number of nitrogens with zero attached hydrogens (tertiary/aromatic N) is 1. The molecular weight excluding hydrogens is 270 g/mol. The second-order valence-electron chi connectivity index (χ2n) is 6.47. The van der Waals surface area contributed by atoms with Crippen LogP contribution in [0.1, 0.15) is 47.2 Å². The topological polar surface area (TPSA) is 29.5 Å². The van der Waals surface area contributed by atoms with Crippen molar-refractivity contribution in [1.82, 2.24) is 4.90 Å². The average Bonchev–Trinajstić information content (AvgIpc) is 3.00. The van der Waals surface area contributed by atoms with E-state index in [0.29, 0.717) is 12.1 Å². The first-order chi connectivity index (χ1) is 9.53. The van der Waals surface area contributed by atoms with E-state index in [1.807, 2.05) is 12.1 Å². The van der Waals surface area contributed by atoms with Crippen LogP contribution in [0.25, 0.3) is 0 Å². The van der Waals surface area contributed by atoms with Crippen molar-refractivity contribution in [3.05, 3.63) is 21.9 Å². The van der Waals surface area contributed by atoms with E-state index in [1.54, 1.807) is 18.4 Å². The van der Waals surface area contributed by atoms with E-state index >= 15 is 0 Å². The Kier molecular flexibility index (Phi) is 3.63. The van der Waals surface area contributed by atoms with E-state index in [2.05, 4.69) is 18.7 Å². The molecule has 3 nitrogen and oxygen atoms in total. The maximum Gasteiger partial charge on any atom is 0.264 e. The molecule has 1 amide bonds. The van der Waals surface area contributed by atoms with Gasteiger partial charge < -0.3 is 9.64 Å². The van der Waals surface area contributed by atoms with Gasteiger partial charge in [-0.15, -0.1) is 11.3 Å². The van der Waals surface area contributed by atoms with Gasteiger partial charge in [-0.1, -0.05) is 6.92 Å². The summed E-state index contributed by atoms with van der Waals surface area (Å²) >= 11 is 1.61. The quantitative estimate of drug-likeness (QED) is 0.835. The summed E-state index contributed by atoms with van der Waals surface area (Å²) in [5, 5.41) is 0. The van der Waals surface area contributed by atoms with Crippen molar-refractivity contribution in [3.63, 3.8) is 0 Å². The molecule has 1 aromatic heterocycles. The number of ether oxygens (including phenoxy) is 1. The average molecular weight is 293 g/mol. The van der Waals surface area contributed by atoms with Crippen LogP contribution in [0.5, 0.6) is 0 Å². The number of fused-ring (bicyclic) bond motifs is 1. The third kappa shape index (κ3) is 2.29. The summed E-state index contributed by atoms with van der Waals surface area (Å²) in [5.74, 6) is 0.229. The second kappa shape index (κ2) is 5.15. The Hall–Kier alpha value is -0.870. The molecule has 1 aromatic rings. The molecule has 0 spiro atoms. The van der Waals surface area contributed by atoms with Crippen molar-refractivity contribution in [2.24, 2.45) is 5.41 Å². The van der Waals surface area contributed by atoms with Crippen LogP contribution < -0.4 is 0 Å². The molecule has 1 saturated heterocycles. The Morgan fingerprint density at radius 2 is 2.25 bits per heavy atom. The van der Waals surface area contributed by atoms with Gasteiger partial charge in [-0.3, -0.25) is 4.79 Å². The molecule has 0 N–H and O–H groups in total. The monoisotopic (exact) mass is 293 g/mol. The zero-order valence-corrected chi connectivity index (χ0v) is 13.3. The highest BCUT2D eigenvalue weighted by molar-refractivity contribution is 7.13. The third-order valence-electron chi connectivity index (χ3n) is 5.11. The van der Waals surface area contributed by atoms with Crippen molar-refractivity contribution in [1.29, 1.82) is 0 Å². The number of hydrogen-bond donors (Lipinski definition) is 0. The van der Waals surface area contributed by atoms with Crippen LogP contribution >= 0.6 is 11.3 Å². The number of likely N-dealkylation sites (tertiary alicyclic amines) is 1. The predicted octanol–water partition coefficient (Wildman–Crippen LogP) is 3.48. The summed E-state index contributed by atoms with van der Waals surface area (Å²) in [6.45, 7) is 5.28. The highest BCUT2D eigenvalue weighted by atomic mass is 32.1. The van der Waals surface area contributed by atoms with Crippen molar-refractivity contribution in [2.45, 2.75) is 51.7 Å². The molecule has 110 valence electrons. The van der Waals surface area contributed by atoms with Crippen LogP contribution in [0.3, 0.4) is 0 Å². The van der Waals surface area contributed by atoms with Crippen molar-refractivity contribution >= 4 is 17.2 Å². The fourth-order valence-corrected chi connectivity index (χ4v) is 4.74. The summed E-state index contributed by atoms with van der Waals surface area (Å²) in [4.78, 5) is 16.9. The van der Waals surface area contributed by atoms with Gasteiger partial charge in [0.15, 0.2) is 0 Å². The van der Waals surface area contributed by atoms with Crippen LogP contribution in [-0.2, 0) is 4.74 Å². The largest absolute Gasteiger partial charge is 0.381 e. The first kappa shape index (κ1) is 14.1. The summed E-state index contributed by atoms with van der Waals surface area (Å²) in [6, 6.07) is 4.40. The molecule has 1 saturated carbocycles. The Morgan fingerprint density at radius 1 is 1.45 bits per heavy atom. The Labute approximate surface area is 124 Å². The van der Waals surface area contributed by atoms with E-state index in [9.17, 15) is 4.79 Å². The van der Waals surface area contributed by atoms with Crippen molar-refractivity contribution in [2.75, 3.05) is 13.7 Å². The lowest BCUT2D eigenvalue weighted by molar-refractivity contribution is -0.00267. The number of carbonyl (C=O) groups is 1. The number of methoxy groups -OCH3 is 1. The molecule has 2 fully saturated rings. The van der Waals surface area contributed by atoms with Gasteiger partial charge in [-0.05, 0) is 50.2 Å². The van der Waals surface area contributed by atoms with Crippen LogP contribution in [0, 0.1) is 12.3 Å². The molecule has 3 rings (SSSR count). The lowest BCUT2D eigenvalue weighted by Gasteiger charge is -2.42. The smallest absolute Gasteiger partial charge is 0.264 e. The number of thiophene rings is 1. The number of aryl methyl sites for hydroxylation is 1. The van der Waals surface area contributed by atoms with Gasteiger partial charge in [0.05, 0.1) is 11.0 Å². The summed E-state index contributed by atoms with van der Waals surface area (Å²) in [6.07, 6.45) is 4.71. The van der Waals surface area contributed by atoms with Gasteiger partial charge >= 0.3 is 0 Å². The van der Waals surface area contributed by atoms with Gasteiger partial charge in [0.1, 0.15) is 0 Å². The molecule has 0 bridgehead atoms. The van der Waals surface area contributed by atoms with E-state index in [1.165, 1.54) is 4.88 Å². The SMILES string of the molecule is CO[C@@H]1CC[C@H]2N(C(=O)c3ccc(C)s3)CC[C@@]2(C)C1. The number of amides is 1. The number of hydrogen-bond acceptors (Lipinski definition) is 3. The van der Waals surface area contributed by atoms with Crippen molar-refractivity contribution < 1.29 is 9.53 Å². The first-order valence-corrected chi connectivity index (χ1v) is 8.25. The summed E-state index contributed by atoms with van der Waals surface area (Å²) < 4.78 is 5.55. The molecule has 4 heteroatoms. The Morgan fingerprint density at radius 3 is 2.90 bits per heavy atom. The Balaban J connectivity index is 1.78. The molecule has 3 atom stereocenters. The summed E-state index contributed by atoms with van der Waals surface area (Å²) in [5.41, 5.74) is 0.237. The Bertz CT molecular complexity index is 512. The highest BCUT2D eigenvalue weighted by Crippen LogP contribution is 2.47. The van der Waals surface area contributed by atoms with E-state index in [4.69, 9.17) is 4.74 Å². The predicted molar refractivity (Wildman–Crippen MR) is 81.3 cm³/mol. The molecular formula is C16H23NO2S. The normalized spacial score (nSPS) is 33.2. The fourth-order valence-electron chi connectivity index (χ4n) is 3.92. The lowest BCUT2D eigenvalue weighted by atomic mass is 9.71. The van der Waals surface area contributed by atoms with Crippen LogP contribution in [0.2, 0.25) is 0 Å². The van der Waals surface area contributed by atoms with Crippen molar-refractivity contribution in [3.8, 4) is 0 Å². The van der Waals surface area contributed by atoms with Crippen LogP contribution in [-0.4, -0.2) is 36.6 Å². The van der Waals surface area contributed by atoms with Gasteiger partial charge in [0.2, 0.25) is 0 Å². The molecule has 1 aliphatic heterocycles. The first-order valence-electron chi connectivity index (χ1n) is 7.44. The summed E-state index contributed by atoms with van der Waals surface area (Å²) in [7, 11) is 1.81. The lowest BCUT2D eigenvalue weighted by Crippen LogP contribution is -2.46. The van der Waals surface area contributed by atoms with Gasteiger partial charge in [-0.25, -0.2) is 0 Å². The minimum absolute atomic E-state index is 0.229. The van der Waals surface area contributed by atoms with Gasteiger partial charge in [-0.2, -0.15) is 0 Å². The van der Waals surface area contributed by atoms with Crippen LogP contribution in [0.15, 0.2) is 12.1 Å². The maximum atomic E-state index is 12.7. The second-order valence-corrected chi connectivity index (χ2v) is 7.76. The number of rotatable bonds is 2. The molecule has 20 heavy (non-hydrogen) atoms. The molecule has 0 aromatic carbocycles. The molecule has 2 heterocycles. The molecule has 0 unspecified atom stereocenters. The maximum absolute atomic E-state index is 12.7. The fraction of sp³-hybridized carbons (Fsp3) is 0.688. The zero-order valence-electron chi connectivity index (χ0n) is 12.5. The minimum atomic E-state index is 0.229. The van der Waals surface area contributed by atoms with Gasteiger partial charge in [0, 0.05) is 24.6 Å². The van der Waals surface area contributed by atoms with Crippen LogP contribution in [0.4, 0.5) is 0 Å². The molecule has 1 aliphatic carbocycles. The molecule has 0 radical (unpaired) electrons. The standard InChI is InChI=1S/C16H23NO2S/c1-11-4-6-13(20-11)15(18)17-9-8-16(2)10-12(19-3)5-7-14(16)17/h4,6,12,14H,5,7-10H2,1-3H3/t12-,14-,16+/m1/s1. The molecule has 2 aliphatic rings. The highest BCUT2D eigenvalue weighted by Gasteiger charge is 2.49. The van der Waals surface area contributed by atoms with Gasteiger partial charge in [0.25, 0.3) is 5.91 Å².